The van der Waals surface area contributed by atoms with Gasteiger partial charge in [0, 0.05) is 18.5 Å². The van der Waals surface area contributed by atoms with Gasteiger partial charge in [0.2, 0.25) is 0 Å². The molecule has 0 atom stereocenters. The van der Waals surface area contributed by atoms with Crippen LogP contribution in [0.3, 0.4) is 0 Å². The van der Waals surface area contributed by atoms with Gasteiger partial charge in [-0.15, -0.1) is 6.58 Å². The fraction of sp³-hybridized carbons (Fsp3) is 0.385. The number of nitrogens with one attached hydrogen (secondary N) is 1. The summed E-state index contributed by atoms with van der Waals surface area (Å²) in [5.74, 6) is 0.495. The van der Waals surface area contributed by atoms with Crippen LogP contribution >= 0.6 is 0 Å². The van der Waals surface area contributed by atoms with E-state index in [2.05, 4.69) is 11.9 Å². The summed E-state index contributed by atoms with van der Waals surface area (Å²) in [5.41, 5.74) is 1.92. The Morgan fingerprint density at radius 3 is 2.88 bits per heavy atom. The van der Waals surface area contributed by atoms with Gasteiger partial charge in [0.05, 0.1) is 6.61 Å². The van der Waals surface area contributed by atoms with Crippen molar-refractivity contribution in [2.75, 3.05) is 13.7 Å². The summed E-state index contributed by atoms with van der Waals surface area (Å²) in [6, 6.07) is 4.57. The van der Waals surface area contributed by atoms with Crippen molar-refractivity contribution in [2.45, 2.75) is 19.9 Å². The van der Waals surface area contributed by atoms with Crippen LogP contribution in [0.5, 0.6) is 5.75 Å². The summed E-state index contributed by atoms with van der Waals surface area (Å²) in [6.45, 7) is 6.95. The van der Waals surface area contributed by atoms with Crippen LogP contribution in [-0.2, 0) is 6.54 Å². The molecule has 0 aliphatic carbocycles. The van der Waals surface area contributed by atoms with E-state index in [1.54, 1.807) is 6.07 Å². The summed E-state index contributed by atoms with van der Waals surface area (Å²) < 4.78 is 18.6. The minimum absolute atomic E-state index is 0.238. The number of ether oxygens (including phenoxy) is 1. The zero-order valence-corrected chi connectivity index (χ0v) is 9.85. The first-order valence-electron chi connectivity index (χ1n) is 5.33. The molecule has 1 N–H and O–H groups in total. The van der Waals surface area contributed by atoms with Gasteiger partial charge in [0.1, 0.15) is 11.6 Å². The summed E-state index contributed by atoms with van der Waals surface area (Å²) in [5, 5.41) is 2.99. The highest BCUT2D eigenvalue weighted by atomic mass is 19.1. The predicted molar refractivity (Wildman–Crippen MR) is 64.1 cm³/mol. The molecule has 0 amide bonds. The Morgan fingerprint density at radius 1 is 1.50 bits per heavy atom. The number of rotatable bonds is 6. The Bertz CT molecular complexity index is 363. The van der Waals surface area contributed by atoms with Crippen LogP contribution in [0.2, 0.25) is 0 Å². The van der Waals surface area contributed by atoms with Gasteiger partial charge in [0.25, 0.3) is 0 Å². The Hall–Kier alpha value is -1.35. The van der Waals surface area contributed by atoms with Gasteiger partial charge >= 0.3 is 0 Å². The lowest BCUT2D eigenvalue weighted by molar-refractivity contribution is 0.317. The first-order valence-corrected chi connectivity index (χ1v) is 5.33. The third-order valence-corrected chi connectivity index (χ3v) is 2.18. The molecule has 1 aromatic carbocycles. The Labute approximate surface area is 96.1 Å². The normalized spacial score (nSPS) is 10.2. The zero-order valence-electron chi connectivity index (χ0n) is 9.85. The minimum Gasteiger partial charge on any atom is -0.493 e. The molecule has 0 spiro atoms. The lowest BCUT2D eigenvalue weighted by atomic mass is 10.2. The third kappa shape index (κ3) is 4.03. The number of hydrogen-bond donors (Lipinski definition) is 1. The molecule has 16 heavy (non-hydrogen) atoms. The van der Waals surface area contributed by atoms with Crippen LogP contribution in [-0.4, -0.2) is 13.7 Å². The van der Waals surface area contributed by atoms with Gasteiger partial charge in [-0.3, -0.25) is 0 Å². The largest absolute Gasteiger partial charge is 0.493 e. The predicted octanol–water partition coefficient (Wildman–Crippen LogP) is 2.89. The molecule has 0 saturated carbocycles. The molecular weight excluding hydrogens is 205 g/mol. The molecule has 0 aromatic heterocycles. The Balaban J connectivity index is 2.66. The molecule has 0 saturated heterocycles. The fourth-order valence-corrected chi connectivity index (χ4v) is 1.35. The van der Waals surface area contributed by atoms with E-state index in [0.29, 0.717) is 13.2 Å². The molecule has 0 unspecified atom stereocenters. The summed E-state index contributed by atoms with van der Waals surface area (Å²) >= 11 is 0. The molecule has 3 heteroatoms. The van der Waals surface area contributed by atoms with E-state index in [1.807, 2.05) is 14.0 Å². The van der Waals surface area contributed by atoms with Crippen molar-refractivity contribution in [3.63, 3.8) is 0 Å². The topological polar surface area (TPSA) is 21.3 Å². The maximum Gasteiger partial charge on any atom is 0.123 e. The highest BCUT2D eigenvalue weighted by Gasteiger charge is 2.04. The van der Waals surface area contributed by atoms with E-state index >= 15 is 0 Å². The second-order valence-corrected chi connectivity index (χ2v) is 3.84. The highest BCUT2D eigenvalue weighted by Crippen LogP contribution is 2.20. The molecule has 0 aliphatic heterocycles. The number of halogens is 1. The lowest BCUT2D eigenvalue weighted by Crippen LogP contribution is -2.08. The van der Waals surface area contributed by atoms with Crippen molar-refractivity contribution in [1.82, 2.24) is 5.32 Å². The second-order valence-electron chi connectivity index (χ2n) is 3.84. The van der Waals surface area contributed by atoms with Gasteiger partial charge in [-0.05, 0) is 32.2 Å². The molecular formula is C13H18FNO. The van der Waals surface area contributed by atoms with Gasteiger partial charge in [-0.2, -0.15) is 0 Å². The molecule has 1 aromatic rings. The van der Waals surface area contributed by atoms with Gasteiger partial charge < -0.3 is 10.1 Å². The van der Waals surface area contributed by atoms with E-state index in [9.17, 15) is 4.39 Å². The van der Waals surface area contributed by atoms with Gasteiger partial charge in [0.15, 0.2) is 0 Å². The van der Waals surface area contributed by atoms with Crippen LogP contribution in [0.15, 0.2) is 30.4 Å². The highest BCUT2D eigenvalue weighted by molar-refractivity contribution is 5.33. The van der Waals surface area contributed by atoms with Gasteiger partial charge in [-0.1, -0.05) is 5.57 Å². The molecule has 0 radical (unpaired) electrons. The SMILES string of the molecule is C=C(C)CCOc1ccc(F)cc1CNC. The fourth-order valence-electron chi connectivity index (χ4n) is 1.35. The van der Waals surface area contributed by atoms with Crippen molar-refractivity contribution >= 4 is 0 Å². The van der Waals surface area contributed by atoms with Crippen molar-refractivity contribution in [2.24, 2.45) is 0 Å². The van der Waals surface area contributed by atoms with Crippen LogP contribution in [0.4, 0.5) is 4.39 Å². The Morgan fingerprint density at radius 2 is 2.25 bits per heavy atom. The molecule has 1 rings (SSSR count). The first kappa shape index (κ1) is 12.7. The summed E-state index contributed by atoms with van der Waals surface area (Å²) in [6.07, 6.45) is 0.816. The molecule has 0 heterocycles. The Kier molecular flexibility index (Phi) is 4.99. The maximum atomic E-state index is 13.0. The molecule has 0 bridgehead atoms. The van der Waals surface area contributed by atoms with E-state index in [-0.39, 0.29) is 5.82 Å². The number of hydrogen-bond acceptors (Lipinski definition) is 2. The smallest absolute Gasteiger partial charge is 0.123 e. The lowest BCUT2D eigenvalue weighted by Gasteiger charge is -2.11. The van der Waals surface area contributed by atoms with Crippen LogP contribution in [0.25, 0.3) is 0 Å². The minimum atomic E-state index is -0.238. The zero-order chi connectivity index (χ0) is 12.0. The maximum absolute atomic E-state index is 13.0. The standard InChI is InChI=1S/C13H18FNO/c1-10(2)6-7-16-13-5-4-12(14)8-11(13)9-15-3/h4-5,8,15H,1,6-7,9H2,2-3H3. The summed E-state index contributed by atoms with van der Waals surface area (Å²) in [4.78, 5) is 0. The van der Waals surface area contributed by atoms with E-state index in [4.69, 9.17) is 4.74 Å². The van der Waals surface area contributed by atoms with Crippen LogP contribution in [0, 0.1) is 5.82 Å². The summed E-state index contributed by atoms with van der Waals surface area (Å²) in [7, 11) is 1.82. The van der Waals surface area contributed by atoms with Crippen molar-refractivity contribution in [1.29, 1.82) is 0 Å². The van der Waals surface area contributed by atoms with E-state index in [1.165, 1.54) is 12.1 Å². The van der Waals surface area contributed by atoms with Crippen LogP contribution < -0.4 is 10.1 Å². The molecule has 88 valence electrons. The monoisotopic (exact) mass is 223 g/mol. The first-order chi connectivity index (χ1) is 7.63. The van der Waals surface area contributed by atoms with Crippen molar-refractivity contribution in [3.05, 3.63) is 41.7 Å². The molecule has 0 aliphatic rings. The van der Waals surface area contributed by atoms with E-state index < -0.39 is 0 Å². The number of benzene rings is 1. The van der Waals surface area contributed by atoms with Crippen molar-refractivity contribution in [3.8, 4) is 5.75 Å². The second kappa shape index (κ2) is 6.28. The quantitative estimate of drug-likeness (QED) is 0.749. The molecule has 0 fully saturated rings. The third-order valence-electron chi connectivity index (χ3n) is 2.18. The molecule has 2 nitrogen and oxygen atoms in total. The average Bonchev–Trinajstić information content (AvgIpc) is 2.21. The average molecular weight is 223 g/mol. The van der Waals surface area contributed by atoms with Gasteiger partial charge in [-0.25, -0.2) is 4.39 Å². The van der Waals surface area contributed by atoms with Crippen molar-refractivity contribution < 1.29 is 9.13 Å². The van der Waals surface area contributed by atoms with E-state index in [0.717, 1.165) is 23.3 Å². The van der Waals surface area contributed by atoms with Crippen LogP contribution in [0.1, 0.15) is 18.9 Å².